The summed E-state index contributed by atoms with van der Waals surface area (Å²) in [7, 11) is 0. The number of aryl methyl sites for hydroxylation is 2. The molecule has 0 unspecified atom stereocenters. The molecule has 0 spiro atoms. The third kappa shape index (κ3) is 3.51. The molecule has 0 aliphatic carbocycles. The topological polar surface area (TPSA) is 66.9 Å². The van der Waals surface area contributed by atoms with Crippen LogP contribution in [0.15, 0.2) is 18.2 Å². The number of carbonyl (C=O) groups excluding carboxylic acids is 3. The zero-order valence-corrected chi connectivity index (χ0v) is 15.7. The molecule has 0 N–H and O–H groups in total. The highest BCUT2D eigenvalue weighted by Gasteiger charge is 2.44. The van der Waals surface area contributed by atoms with Gasteiger partial charge in [0.25, 0.3) is 5.91 Å². The van der Waals surface area contributed by atoms with Crippen molar-refractivity contribution >= 4 is 23.5 Å². The van der Waals surface area contributed by atoms with E-state index in [-0.39, 0.29) is 30.1 Å². The molecule has 0 saturated carbocycles. The average Bonchev–Trinajstić information content (AvgIpc) is 2.92. The number of piperidine rings is 1. The summed E-state index contributed by atoms with van der Waals surface area (Å²) in [6.07, 6.45) is 1.76. The number of carbonyl (C=O) groups is 3. The van der Waals surface area contributed by atoms with Crippen molar-refractivity contribution < 1.29 is 19.1 Å². The van der Waals surface area contributed by atoms with Crippen molar-refractivity contribution in [2.24, 2.45) is 5.92 Å². The van der Waals surface area contributed by atoms with E-state index in [0.717, 1.165) is 30.5 Å². The van der Waals surface area contributed by atoms with Gasteiger partial charge in [-0.3, -0.25) is 19.3 Å². The van der Waals surface area contributed by atoms with E-state index in [1.165, 1.54) is 4.90 Å². The molecule has 1 aromatic carbocycles. The van der Waals surface area contributed by atoms with Gasteiger partial charge in [-0.1, -0.05) is 12.1 Å². The second-order valence-electron chi connectivity index (χ2n) is 7.16. The molecule has 2 amide bonds. The Balaban J connectivity index is 1.78. The number of imide groups is 1. The molecule has 1 aromatic rings. The molecule has 26 heavy (non-hydrogen) atoms. The number of rotatable bonds is 4. The fourth-order valence-corrected chi connectivity index (χ4v) is 3.86. The van der Waals surface area contributed by atoms with Crippen LogP contribution in [-0.2, 0) is 19.1 Å². The van der Waals surface area contributed by atoms with Gasteiger partial charge in [0.1, 0.15) is 0 Å². The van der Waals surface area contributed by atoms with Gasteiger partial charge >= 0.3 is 5.97 Å². The van der Waals surface area contributed by atoms with Crippen LogP contribution < -0.4 is 4.90 Å². The number of ether oxygens (including phenoxy) is 1. The van der Waals surface area contributed by atoms with E-state index in [1.54, 1.807) is 6.92 Å². The zero-order valence-electron chi connectivity index (χ0n) is 15.7. The molecule has 0 radical (unpaired) electrons. The minimum absolute atomic E-state index is 0.168. The van der Waals surface area contributed by atoms with Crippen molar-refractivity contribution in [3.8, 4) is 0 Å². The van der Waals surface area contributed by atoms with Gasteiger partial charge in [0.15, 0.2) is 0 Å². The number of anilines is 1. The number of likely N-dealkylation sites (tertiary alicyclic amines) is 1. The molecular formula is C20H26N2O4. The molecule has 2 saturated heterocycles. The second kappa shape index (κ2) is 7.58. The molecular weight excluding hydrogens is 332 g/mol. The lowest BCUT2D eigenvalue weighted by Gasteiger charge is -2.34. The predicted molar refractivity (Wildman–Crippen MR) is 97.7 cm³/mol. The van der Waals surface area contributed by atoms with Crippen molar-refractivity contribution in [3.63, 3.8) is 0 Å². The van der Waals surface area contributed by atoms with Crippen LogP contribution in [-0.4, -0.2) is 48.4 Å². The Labute approximate surface area is 154 Å². The van der Waals surface area contributed by atoms with E-state index in [0.29, 0.717) is 18.8 Å². The summed E-state index contributed by atoms with van der Waals surface area (Å²) < 4.78 is 5.13. The molecule has 6 nitrogen and oxygen atoms in total. The Bertz CT molecular complexity index is 731. The van der Waals surface area contributed by atoms with Crippen LogP contribution in [0.25, 0.3) is 0 Å². The van der Waals surface area contributed by atoms with E-state index < -0.39 is 6.04 Å². The van der Waals surface area contributed by atoms with Gasteiger partial charge in [0, 0.05) is 6.54 Å². The highest BCUT2D eigenvalue weighted by molar-refractivity contribution is 6.22. The highest BCUT2D eigenvalue weighted by atomic mass is 16.5. The van der Waals surface area contributed by atoms with Crippen molar-refractivity contribution in [2.75, 3.05) is 24.6 Å². The molecule has 2 aliphatic rings. The summed E-state index contributed by atoms with van der Waals surface area (Å²) in [6, 6.07) is 5.29. The van der Waals surface area contributed by atoms with E-state index in [4.69, 9.17) is 4.74 Å². The van der Waals surface area contributed by atoms with Crippen molar-refractivity contribution in [2.45, 2.75) is 46.1 Å². The molecule has 6 heteroatoms. The summed E-state index contributed by atoms with van der Waals surface area (Å²) in [5.41, 5.74) is 2.58. The molecule has 2 fully saturated rings. The van der Waals surface area contributed by atoms with Gasteiger partial charge in [0.05, 0.1) is 30.7 Å². The zero-order chi connectivity index (χ0) is 18.8. The van der Waals surface area contributed by atoms with Crippen LogP contribution in [0.5, 0.6) is 0 Å². The maximum Gasteiger partial charge on any atom is 0.310 e. The summed E-state index contributed by atoms with van der Waals surface area (Å²) in [6.45, 7) is 7.19. The summed E-state index contributed by atoms with van der Waals surface area (Å²) in [4.78, 5) is 41.0. The lowest BCUT2D eigenvalue weighted by Crippen LogP contribution is -2.48. The van der Waals surface area contributed by atoms with E-state index in [1.807, 2.05) is 36.9 Å². The van der Waals surface area contributed by atoms with Crippen molar-refractivity contribution in [1.29, 1.82) is 0 Å². The first kappa shape index (κ1) is 18.6. The van der Waals surface area contributed by atoms with Gasteiger partial charge in [-0.25, -0.2) is 4.90 Å². The molecule has 0 bridgehead atoms. The maximum absolute atomic E-state index is 13.0. The largest absolute Gasteiger partial charge is 0.466 e. The van der Waals surface area contributed by atoms with E-state index in [9.17, 15) is 14.4 Å². The molecule has 140 valence electrons. The quantitative estimate of drug-likeness (QED) is 0.610. The lowest BCUT2D eigenvalue weighted by molar-refractivity contribution is -0.150. The van der Waals surface area contributed by atoms with E-state index >= 15 is 0 Å². The number of nitrogens with zero attached hydrogens (tertiary/aromatic N) is 2. The molecule has 0 aromatic heterocycles. The fraction of sp³-hybridized carbons (Fsp3) is 0.550. The Morgan fingerprint density at radius 2 is 2.04 bits per heavy atom. The van der Waals surface area contributed by atoms with Gasteiger partial charge < -0.3 is 4.74 Å². The number of hydrogen-bond acceptors (Lipinski definition) is 5. The highest BCUT2D eigenvalue weighted by Crippen LogP contribution is 2.31. The third-order valence-corrected chi connectivity index (χ3v) is 5.24. The fourth-order valence-electron chi connectivity index (χ4n) is 3.86. The normalized spacial score (nSPS) is 24.2. The SMILES string of the molecule is CCOC(=O)[C@@H]1CCCN([C@@H]2CC(=O)N(c3cc(C)ccc3C)C2=O)C1. The van der Waals surface area contributed by atoms with Gasteiger partial charge in [-0.15, -0.1) is 0 Å². The van der Waals surface area contributed by atoms with Gasteiger partial charge in [-0.2, -0.15) is 0 Å². The van der Waals surface area contributed by atoms with Crippen molar-refractivity contribution in [1.82, 2.24) is 4.90 Å². The molecule has 3 rings (SSSR count). The molecule has 2 atom stereocenters. The van der Waals surface area contributed by atoms with Crippen LogP contribution in [0, 0.1) is 19.8 Å². The number of amides is 2. The molecule has 2 aliphatic heterocycles. The Kier molecular flexibility index (Phi) is 5.41. The van der Waals surface area contributed by atoms with Crippen molar-refractivity contribution in [3.05, 3.63) is 29.3 Å². The maximum atomic E-state index is 13.0. The average molecular weight is 358 g/mol. The minimum atomic E-state index is -0.486. The molecule has 2 heterocycles. The standard InChI is InChI=1S/C20H26N2O4/c1-4-26-20(25)15-6-5-9-21(12-15)17-11-18(23)22(19(17)24)16-10-13(2)7-8-14(16)3/h7-8,10,15,17H,4-6,9,11-12H2,1-3H3/t15-,17-/m1/s1. The number of benzene rings is 1. The number of hydrogen-bond donors (Lipinski definition) is 0. The predicted octanol–water partition coefficient (Wildman–Crippen LogP) is 2.21. The Morgan fingerprint density at radius 3 is 2.77 bits per heavy atom. The monoisotopic (exact) mass is 358 g/mol. The smallest absolute Gasteiger partial charge is 0.310 e. The number of esters is 1. The van der Waals surface area contributed by atoms with E-state index in [2.05, 4.69) is 0 Å². The third-order valence-electron chi connectivity index (χ3n) is 5.24. The Hall–Kier alpha value is -2.21. The summed E-state index contributed by atoms with van der Waals surface area (Å²) in [5.74, 6) is -0.790. The first-order valence-electron chi connectivity index (χ1n) is 9.27. The van der Waals surface area contributed by atoms with Crippen LogP contribution in [0.3, 0.4) is 0 Å². The van der Waals surface area contributed by atoms with Gasteiger partial charge in [-0.05, 0) is 57.4 Å². The first-order valence-corrected chi connectivity index (χ1v) is 9.27. The van der Waals surface area contributed by atoms with Crippen LogP contribution >= 0.6 is 0 Å². The minimum Gasteiger partial charge on any atom is -0.466 e. The van der Waals surface area contributed by atoms with Crippen LogP contribution in [0.2, 0.25) is 0 Å². The van der Waals surface area contributed by atoms with Crippen LogP contribution in [0.4, 0.5) is 5.69 Å². The second-order valence-corrected chi connectivity index (χ2v) is 7.16. The summed E-state index contributed by atoms with van der Waals surface area (Å²) in [5, 5.41) is 0. The Morgan fingerprint density at radius 1 is 1.27 bits per heavy atom. The first-order chi connectivity index (χ1) is 12.4. The van der Waals surface area contributed by atoms with Gasteiger partial charge in [0.2, 0.25) is 5.91 Å². The lowest BCUT2D eigenvalue weighted by atomic mass is 9.96. The summed E-state index contributed by atoms with van der Waals surface area (Å²) >= 11 is 0. The van der Waals surface area contributed by atoms with Crippen LogP contribution in [0.1, 0.15) is 37.3 Å².